The summed E-state index contributed by atoms with van der Waals surface area (Å²) in [6.45, 7) is 6.85. The van der Waals surface area contributed by atoms with Gasteiger partial charge in [0.15, 0.2) is 6.61 Å². The number of benzene rings is 1. The minimum atomic E-state index is -0.149. The summed E-state index contributed by atoms with van der Waals surface area (Å²) in [5.41, 5.74) is 2.47. The standard InChI is InChI=1S/C20H28N2O3/c1-14(2)17-9-8-16(11-15(17)3)25-13-20(23)21-12-18(22(4)5)19-7-6-10-24-19/h6-11,14,18H,12-13H2,1-5H3,(H,21,23). The number of likely N-dealkylation sites (N-methyl/N-ethyl adjacent to an activating group) is 1. The van der Waals surface area contributed by atoms with Gasteiger partial charge in [-0.15, -0.1) is 0 Å². The van der Waals surface area contributed by atoms with Gasteiger partial charge < -0.3 is 14.5 Å². The van der Waals surface area contributed by atoms with E-state index >= 15 is 0 Å². The highest BCUT2D eigenvalue weighted by atomic mass is 16.5. The maximum atomic E-state index is 12.1. The van der Waals surface area contributed by atoms with Crippen molar-refractivity contribution in [3.63, 3.8) is 0 Å². The summed E-state index contributed by atoms with van der Waals surface area (Å²) in [5, 5.41) is 2.90. The van der Waals surface area contributed by atoms with Crippen molar-refractivity contribution in [2.45, 2.75) is 32.7 Å². The lowest BCUT2D eigenvalue weighted by Crippen LogP contribution is -2.36. The zero-order valence-corrected chi connectivity index (χ0v) is 15.7. The van der Waals surface area contributed by atoms with E-state index < -0.39 is 0 Å². The first-order valence-electron chi connectivity index (χ1n) is 8.58. The van der Waals surface area contributed by atoms with Crippen molar-refractivity contribution in [1.29, 1.82) is 0 Å². The van der Waals surface area contributed by atoms with Crippen molar-refractivity contribution in [2.24, 2.45) is 0 Å². The zero-order valence-electron chi connectivity index (χ0n) is 15.7. The third kappa shape index (κ3) is 5.36. The Kier molecular flexibility index (Phi) is 6.65. The maximum absolute atomic E-state index is 12.1. The number of rotatable bonds is 8. The van der Waals surface area contributed by atoms with Crippen LogP contribution in [0.25, 0.3) is 0 Å². The second-order valence-electron chi connectivity index (χ2n) is 6.76. The molecule has 0 saturated heterocycles. The molecule has 1 atom stereocenters. The third-order valence-corrected chi connectivity index (χ3v) is 4.22. The van der Waals surface area contributed by atoms with Crippen molar-refractivity contribution < 1.29 is 13.9 Å². The molecule has 5 heteroatoms. The SMILES string of the molecule is Cc1cc(OCC(=O)NCC(c2ccco2)N(C)C)ccc1C(C)C. The summed E-state index contributed by atoms with van der Waals surface area (Å²) in [4.78, 5) is 14.1. The van der Waals surface area contributed by atoms with Crippen molar-refractivity contribution in [3.8, 4) is 5.75 Å². The second kappa shape index (κ2) is 8.72. The van der Waals surface area contributed by atoms with Crippen LogP contribution in [0.3, 0.4) is 0 Å². The van der Waals surface area contributed by atoms with Crippen LogP contribution in [0.15, 0.2) is 41.0 Å². The lowest BCUT2D eigenvalue weighted by molar-refractivity contribution is -0.123. The molecule has 136 valence electrons. The van der Waals surface area contributed by atoms with Crippen molar-refractivity contribution in [2.75, 3.05) is 27.2 Å². The predicted molar refractivity (Wildman–Crippen MR) is 98.9 cm³/mol. The molecule has 0 radical (unpaired) electrons. The van der Waals surface area contributed by atoms with E-state index in [0.717, 1.165) is 5.76 Å². The van der Waals surface area contributed by atoms with Gasteiger partial charge in [0.05, 0.1) is 12.3 Å². The fourth-order valence-electron chi connectivity index (χ4n) is 2.81. The minimum Gasteiger partial charge on any atom is -0.484 e. The van der Waals surface area contributed by atoms with Crippen molar-refractivity contribution >= 4 is 5.91 Å². The largest absolute Gasteiger partial charge is 0.484 e. The van der Waals surface area contributed by atoms with E-state index in [1.807, 2.05) is 43.3 Å². The van der Waals surface area contributed by atoms with Gasteiger partial charge in [-0.05, 0) is 62.3 Å². The molecule has 1 N–H and O–H groups in total. The van der Waals surface area contributed by atoms with Gasteiger partial charge >= 0.3 is 0 Å². The molecule has 0 spiro atoms. The Balaban J connectivity index is 1.85. The van der Waals surface area contributed by atoms with Gasteiger partial charge in [0.2, 0.25) is 0 Å². The lowest BCUT2D eigenvalue weighted by atomic mass is 9.98. The number of carbonyl (C=O) groups excluding carboxylic acids is 1. The normalized spacial score (nSPS) is 12.4. The Morgan fingerprint density at radius 1 is 1.28 bits per heavy atom. The van der Waals surface area contributed by atoms with Crippen LogP contribution in [0.4, 0.5) is 0 Å². The number of hydrogen-bond donors (Lipinski definition) is 1. The van der Waals surface area contributed by atoms with E-state index in [1.54, 1.807) is 6.26 Å². The number of amides is 1. The third-order valence-electron chi connectivity index (χ3n) is 4.22. The van der Waals surface area contributed by atoms with Crippen molar-refractivity contribution in [1.82, 2.24) is 10.2 Å². The number of hydrogen-bond acceptors (Lipinski definition) is 4. The van der Waals surface area contributed by atoms with Gasteiger partial charge in [-0.2, -0.15) is 0 Å². The summed E-state index contributed by atoms with van der Waals surface area (Å²) in [6.07, 6.45) is 1.64. The Bertz CT molecular complexity index is 678. The number of nitrogens with one attached hydrogen (secondary N) is 1. The molecule has 0 saturated carbocycles. The highest BCUT2D eigenvalue weighted by Gasteiger charge is 2.18. The van der Waals surface area contributed by atoms with Crippen LogP contribution in [-0.2, 0) is 4.79 Å². The van der Waals surface area contributed by atoms with Gasteiger partial charge in [0.1, 0.15) is 11.5 Å². The van der Waals surface area contributed by atoms with Crippen LogP contribution >= 0.6 is 0 Å². The first-order chi connectivity index (χ1) is 11.9. The summed E-state index contributed by atoms with van der Waals surface area (Å²) < 4.78 is 11.1. The van der Waals surface area contributed by atoms with Gasteiger partial charge in [-0.3, -0.25) is 9.69 Å². The van der Waals surface area contributed by atoms with Crippen LogP contribution in [0.2, 0.25) is 0 Å². The fraction of sp³-hybridized carbons (Fsp3) is 0.450. The van der Waals surface area contributed by atoms with Gasteiger partial charge in [-0.25, -0.2) is 0 Å². The molecule has 1 unspecified atom stereocenters. The molecule has 1 amide bonds. The smallest absolute Gasteiger partial charge is 0.258 e. The van der Waals surface area contributed by atoms with Gasteiger partial charge in [-0.1, -0.05) is 19.9 Å². The first kappa shape index (κ1) is 19.1. The summed E-state index contributed by atoms with van der Waals surface area (Å²) >= 11 is 0. The molecule has 0 aliphatic carbocycles. The maximum Gasteiger partial charge on any atom is 0.258 e. The molecule has 25 heavy (non-hydrogen) atoms. The van der Waals surface area contributed by atoms with Gasteiger partial charge in [0, 0.05) is 6.54 Å². The van der Waals surface area contributed by atoms with Crippen LogP contribution in [0, 0.1) is 6.92 Å². The summed E-state index contributed by atoms with van der Waals surface area (Å²) in [5.74, 6) is 1.87. The molecule has 0 bridgehead atoms. The van der Waals surface area contributed by atoms with E-state index in [4.69, 9.17) is 9.15 Å². The average Bonchev–Trinajstić information content (AvgIpc) is 3.06. The zero-order chi connectivity index (χ0) is 18.4. The minimum absolute atomic E-state index is 0.00122. The summed E-state index contributed by atoms with van der Waals surface area (Å²) in [6, 6.07) is 9.71. The molecular weight excluding hydrogens is 316 g/mol. The Morgan fingerprint density at radius 2 is 2.04 bits per heavy atom. The van der Waals surface area contributed by atoms with Gasteiger partial charge in [0.25, 0.3) is 5.91 Å². The highest BCUT2D eigenvalue weighted by Crippen LogP contribution is 2.23. The Hall–Kier alpha value is -2.27. The van der Waals surface area contributed by atoms with Crippen LogP contribution < -0.4 is 10.1 Å². The van der Waals surface area contributed by atoms with Crippen LogP contribution in [0.1, 0.15) is 42.7 Å². The molecule has 1 heterocycles. The van der Waals surface area contributed by atoms with Crippen LogP contribution in [-0.4, -0.2) is 38.1 Å². The number of nitrogens with zero attached hydrogens (tertiary/aromatic N) is 1. The lowest BCUT2D eigenvalue weighted by Gasteiger charge is -2.22. The number of carbonyl (C=O) groups is 1. The molecular formula is C20H28N2O3. The molecule has 1 aromatic carbocycles. The molecule has 0 fully saturated rings. The number of ether oxygens (including phenoxy) is 1. The topological polar surface area (TPSA) is 54.7 Å². The van der Waals surface area contributed by atoms with Crippen LogP contribution in [0.5, 0.6) is 5.75 Å². The first-order valence-corrected chi connectivity index (χ1v) is 8.58. The molecule has 5 nitrogen and oxygen atoms in total. The summed E-state index contributed by atoms with van der Waals surface area (Å²) in [7, 11) is 3.91. The number of aryl methyl sites for hydroxylation is 1. The molecule has 1 aromatic heterocycles. The predicted octanol–water partition coefficient (Wildman–Crippen LogP) is 3.51. The quantitative estimate of drug-likeness (QED) is 0.796. The second-order valence-corrected chi connectivity index (χ2v) is 6.76. The molecule has 2 rings (SSSR count). The fourth-order valence-corrected chi connectivity index (χ4v) is 2.81. The van der Waals surface area contributed by atoms with E-state index in [2.05, 4.69) is 32.2 Å². The van der Waals surface area contributed by atoms with Crippen molar-refractivity contribution in [3.05, 3.63) is 53.5 Å². The van der Waals surface area contributed by atoms with E-state index in [9.17, 15) is 4.79 Å². The van der Waals surface area contributed by atoms with E-state index in [0.29, 0.717) is 18.2 Å². The average molecular weight is 344 g/mol. The van der Waals surface area contributed by atoms with E-state index in [1.165, 1.54) is 11.1 Å². The highest BCUT2D eigenvalue weighted by molar-refractivity contribution is 5.77. The number of furan rings is 1. The monoisotopic (exact) mass is 344 g/mol. The molecule has 0 aliphatic rings. The Morgan fingerprint density at radius 3 is 2.60 bits per heavy atom. The van der Waals surface area contributed by atoms with E-state index in [-0.39, 0.29) is 18.6 Å². The molecule has 0 aliphatic heterocycles. The molecule has 2 aromatic rings. The Labute approximate surface area is 150 Å².